The zero-order valence-electron chi connectivity index (χ0n) is 12.8. The van der Waals surface area contributed by atoms with Crippen molar-refractivity contribution < 1.29 is 18.4 Å². The topological polar surface area (TPSA) is 77.2 Å². The Kier molecular flexibility index (Phi) is 4.51. The minimum absolute atomic E-state index is 0.152. The molecule has 0 spiro atoms. The highest BCUT2D eigenvalue weighted by Gasteiger charge is 2.21. The molecule has 6 nitrogen and oxygen atoms in total. The van der Waals surface area contributed by atoms with Crippen LogP contribution in [0.2, 0.25) is 0 Å². The molecule has 0 aliphatic rings. The Morgan fingerprint density at radius 1 is 1.17 bits per heavy atom. The van der Waals surface area contributed by atoms with Crippen LogP contribution >= 0.6 is 0 Å². The molecule has 2 aromatic heterocycles. The first kappa shape index (κ1) is 15.7. The summed E-state index contributed by atoms with van der Waals surface area (Å²) in [4.78, 5) is 15.7. The lowest BCUT2D eigenvalue weighted by Crippen LogP contribution is -2.13. The number of rotatable bonds is 4. The molecular formula is C17H14FN3O3. The van der Waals surface area contributed by atoms with E-state index < -0.39 is 6.09 Å². The van der Waals surface area contributed by atoms with Gasteiger partial charge in [0.05, 0.1) is 12.2 Å². The van der Waals surface area contributed by atoms with Crippen molar-refractivity contribution in [2.75, 3.05) is 11.9 Å². The first-order valence-corrected chi connectivity index (χ1v) is 7.29. The van der Waals surface area contributed by atoms with Crippen LogP contribution in [0.1, 0.15) is 6.92 Å². The minimum Gasteiger partial charge on any atom is -0.450 e. The van der Waals surface area contributed by atoms with E-state index in [-0.39, 0.29) is 18.3 Å². The van der Waals surface area contributed by atoms with Crippen molar-refractivity contribution in [1.82, 2.24) is 10.1 Å². The van der Waals surface area contributed by atoms with Crippen LogP contribution in [0.5, 0.6) is 0 Å². The number of nitrogens with one attached hydrogen (secondary N) is 1. The Morgan fingerprint density at radius 3 is 2.54 bits per heavy atom. The monoisotopic (exact) mass is 327 g/mol. The molecule has 0 radical (unpaired) electrons. The van der Waals surface area contributed by atoms with Crippen LogP contribution in [0.15, 0.2) is 53.3 Å². The predicted octanol–water partition coefficient (Wildman–Crippen LogP) is 4.11. The van der Waals surface area contributed by atoms with Gasteiger partial charge in [-0.1, -0.05) is 5.16 Å². The first-order valence-electron chi connectivity index (χ1n) is 7.29. The molecule has 0 unspecified atom stereocenters. The standard InChI is InChI=1S/C17H14FN3O3/c1-2-23-17(22)20-16-14(11-7-9-19-10-8-11)15(21-24-16)12-3-5-13(18)6-4-12/h3-10H,2H2,1H3,(H,20,22). The zero-order valence-corrected chi connectivity index (χ0v) is 12.8. The molecular weight excluding hydrogens is 313 g/mol. The molecule has 1 aromatic carbocycles. The molecule has 7 heteroatoms. The van der Waals surface area contributed by atoms with Crippen LogP contribution in [0, 0.1) is 5.82 Å². The van der Waals surface area contributed by atoms with Crippen molar-refractivity contribution in [3.05, 3.63) is 54.6 Å². The molecule has 0 saturated heterocycles. The van der Waals surface area contributed by atoms with Crippen LogP contribution in [0.3, 0.4) is 0 Å². The molecule has 0 fully saturated rings. The Hall–Kier alpha value is -3.22. The second-order valence-electron chi connectivity index (χ2n) is 4.82. The van der Waals surface area contributed by atoms with Crippen molar-refractivity contribution in [2.45, 2.75) is 6.92 Å². The van der Waals surface area contributed by atoms with E-state index in [0.29, 0.717) is 16.8 Å². The maximum Gasteiger partial charge on any atom is 0.414 e. The zero-order chi connectivity index (χ0) is 16.9. The van der Waals surface area contributed by atoms with E-state index in [1.807, 2.05) is 0 Å². The van der Waals surface area contributed by atoms with E-state index in [4.69, 9.17) is 9.26 Å². The number of nitrogens with zero attached hydrogens (tertiary/aromatic N) is 2. The van der Waals surface area contributed by atoms with Crippen LogP contribution < -0.4 is 5.32 Å². The number of benzene rings is 1. The highest BCUT2D eigenvalue weighted by molar-refractivity contribution is 5.94. The third kappa shape index (κ3) is 3.24. The molecule has 0 atom stereocenters. The van der Waals surface area contributed by atoms with Gasteiger partial charge in [0.1, 0.15) is 11.5 Å². The number of carbonyl (C=O) groups excluding carboxylic acids is 1. The Labute approximate surface area is 137 Å². The number of ether oxygens (including phenoxy) is 1. The van der Waals surface area contributed by atoms with Crippen molar-refractivity contribution in [2.24, 2.45) is 0 Å². The van der Waals surface area contributed by atoms with Crippen LogP contribution in [0.4, 0.5) is 15.1 Å². The van der Waals surface area contributed by atoms with Gasteiger partial charge in [0.15, 0.2) is 0 Å². The molecule has 3 rings (SSSR count). The largest absolute Gasteiger partial charge is 0.450 e. The van der Waals surface area contributed by atoms with Gasteiger partial charge in [-0.25, -0.2) is 9.18 Å². The average Bonchev–Trinajstić information content (AvgIpc) is 3.00. The highest BCUT2D eigenvalue weighted by atomic mass is 19.1. The molecule has 3 aromatic rings. The third-order valence-corrected chi connectivity index (χ3v) is 3.27. The molecule has 1 N–H and O–H groups in total. The van der Waals surface area contributed by atoms with E-state index in [1.165, 1.54) is 12.1 Å². The van der Waals surface area contributed by atoms with Gasteiger partial charge in [-0.15, -0.1) is 0 Å². The fraction of sp³-hybridized carbons (Fsp3) is 0.118. The van der Waals surface area contributed by atoms with Crippen LogP contribution in [-0.4, -0.2) is 22.8 Å². The third-order valence-electron chi connectivity index (χ3n) is 3.27. The van der Waals surface area contributed by atoms with E-state index in [0.717, 1.165) is 5.56 Å². The summed E-state index contributed by atoms with van der Waals surface area (Å²) in [7, 11) is 0. The van der Waals surface area contributed by atoms with Crippen molar-refractivity contribution in [3.8, 4) is 22.4 Å². The van der Waals surface area contributed by atoms with Gasteiger partial charge < -0.3 is 9.26 Å². The number of hydrogen-bond acceptors (Lipinski definition) is 5. The van der Waals surface area contributed by atoms with Crippen molar-refractivity contribution in [1.29, 1.82) is 0 Å². The fourth-order valence-electron chi connectivity index (χ4n) is 2.23. The molecule has 122 valence electrons. The summed E-state index contributed by atoms with van der Waals surface area (Å²) < 4.78 is 23.3. The Balaban J connectivity index is 2.08. The lowest BCUT2D eigenvalue weighted by atomic mass is 10.0. The van der Waals surface area contributed by atoms with Crippen molar-refractivity contribution >= 4 is 12.0 Å². The SMILES string of the molecule is CCOC(=O)Nc1onc(-c2ccc(F)cc2)c1-c1ccncc1. The number of amides is 1. The van der Waals surface area contributed by atoms with E-state index in [1.54, 1.807) is 43.6 Å². The summed E-state index contributed by atoms with van der Waals surface area (Å²) in [5.74, 6) is -0.198. The minimum atomic E-state index is -0.644. The Bertz CT molecular complexity index is 832. The summed E-state index contributed by atoms with van der Waals surface area (Å²) >= 11 is 0. The lowest BCUT2D eigenvalue weighted by molar-refractivity contribution is 0.167. The smallest absolute Gasteiger partial charge is 0.414 e. The summed E-state index contributed by atoms with van der Waals surface area (Å²) in [6.45, 7) is 1.93. The molecule has 0 saturated carbocycles. The van der Waals surface area contributed by atoms with Crippen molar-refractivity contribution in [3.63, 3.8) is 0 Å². The Morgan fingerprint density at radius 2 is 1.88 bits per heavy atom. The molecule has 0 aliphatic heterocycles. The molecule has 0 bridgehead atoms. The van der Waals surface area contributed by atoms with E-state index in [9.17, 15) is 9.18 Å². The maximum absolute atomic E-state index is 13.2. The van der Waals surface area contributed by atoms with Gasteiger partial charge in [0.25, 0.3) is 0 Å². The summed E-state index contributed by atoms with van der Waals surface area (Å²) in [6.07, 6.45) is 2.59. The number of hydrogen-bond donors (Lipinski definition) is 1. The number of carbonyl (C=O) groups is 1. The van der Waals surface area contributed by atoms with E-state index in [2.05, 4.69) is 15.5 Å². The van der Waals surface area contributed by atoms with Gasteiger partial charge in [0, 0.05) is 18.0 Å². The van der Waals surface area contributed by atoms with Gasteiger partial charge in [-0.3, -0.25) is 10.3 Å². The van der Waals surface area contributed by atoms with E-state index >= 15 is 0 Å². The maximum atomic E-state index is 13.2. The summed E-state index contributed by atoms with van der Waals surface area (Å²) in [6, 6.07) is 9.36. The molecule has 24 heavy (non-hydrogen) atoms. The number of pyridine rings is 1. The van der Waals surface area contributed by atoms with Gasteiger partial charge in [-0.2, -0.15) is 0 Å². The highest BCUT2D eigenvalue weighted by Crippen LogP contribution is 2.37. The van der Waals surface area contributed by atoms with Gasteiger partial charge >= 0.3 is 6.09 Å². The fourth-order valence-corrected chi connectivity index (χ4v) is 2.23. The van der Waals surface area contributed by atoms with Gasteiger partial charge in [0.2, 0.25) is 5.88 Å². The number of halogens is 1. The quantitative estimate of drug-likeness (QED) is 0.780. The second-order valence-corrected chi connectivity index (χ2v) is 4.82. The van der Waals surface area contributed by atoms with Crippen LogP contribution in [-0.2, 0) is 4.74 Å². The van der Waals surface area contributed by atoms with Gasteiger partial charge in [-0.05, 0) is 48.9 Å². The summed E-state index contributed by atoms with van der Waals surface area (Å²) in [5, 5.41) is 6.54. The van der Waals surface area contributed by atoms with Crippen LogP contribution in [0.25, 0.3) is 22.4 Å². The lowest BCUT2D eigenvalue weighted by Gasteiger charge is -2.06. The summed E-state index contributed by atoms with van der Waals surface area (Å²) in [5.41, 5.74) is 2.45. The molecule has 0 aliphatic carbocycles. The second kappa shape index (κ2) is 6.91. The normalized spacial score (nSPS) is 10.4. The first-order chi connectivity index (χ1) is 11.7. The number of aromatic nitrogens is 2. The average molecular weight is 327 g/mol. The molecule has 1 amide bonds. The number of anilines is 1. The molecule has 2 heterocycles. The predicted molar refractivity (Wildman–Crippen MR) is 85.8 cm³/mol.